The lowest BCUT2D eigenvalue weighted by Gasteiger charge is -2.23. The van der Waals surface area contributed by atoms with E-state index in [1.54, 1.807) is 0 Å². The largest absolute Gasteiger partial charge is 0.367 e. The van der Waals surface area contributed by atoms with E-state index in [-0.39, 0.29) is 0 Å². The smallest absolute Gasteiger partial charge is 0.226 e. The van der Waals surface area contributed by atoms with Crippen LogP contribution in [0.25, 0.3) is 0 Å². The molecular weight excluding hydrogens is 242 g/mol. The van der Waals surface area contributed by atoms with Crippen LogP contribution in [0.15, 0.2) is 4.52 Å². The predicted octanol–water partition coefficient (Wildman–Crippen LogP) is 2.65. The van der Waals surface area contributed by atoms with Crippen LogP contribution in [-0.4, -0.2) is 23.3 Å². The standard InChI is InChI=1S/C14H27N3O2/c1-5-14(4,18-6-2)13-16-12(19-17-13)8-7-11(3)9-10-15/h11H,5-10,15H2,1-4H3. The number of nitrogens with zero attached hydrogens (tertiary/aromatic N) is 2. The molecule has 0 aliphatic carbocycles. The van der Waals surface area contributed by atoms with E-state index >= 15 is 0 Å². The van der Waals surface area contributed by atoms with Gasteiger partial charge in [0.1, 0.15) is 5.60 Å². The normalized spacial score (nSPS) is 16.3. The minimum Gasteiger partial charge on any atom is -0.367 e. The zero-order valence-electron chi connectivity index (χ0n) is 12.6. The second kappa shape index (κ2) is 7.60. The predicted molar refractivity (Wildman–Crippen MR) is 74.7 cm³/mol. The average molecular weight is 269 g/mol. The average Bonchev–Trinajstić information content (AvgIpc) is 2.86. The van der Waals surface area contributed by atoms with Crippen LogP contribution in [0, 0.1) is 5.92 Å². The number of rotatable bonds is 9. The van der Waals surface area contributed by atoms with Crippen molar-refractivity contribution in [3.05, 3.63) is 11.7 Å². The van der Waals surface area contributed by atoms with Crippen LogP contribution in [0.3, 0.4) is 0 Å². The molecule has 1 heterocycles. The van der Waals surface area contributed by atoms with E-state index in [9.17, 15) is 0 Å². The van der Waals surface area contributed by atoms with Gasteiger partial charge in [0.15, 0.2) is 0 Å². The zero-order chi connectivity index (χ0) is 14.3. The topological polar surface area (TPSA) is 74.2 Å². The summed E-state index contributed by atoms with van der Waals surface area (Å²) in [5.41, 5.74) is 5.10. The molecule has 1 aromatic rings. The van der Waals surface area contributed by atoms with E-state index in [4.69, 9.17) is 15.0 Å². The van der Waals surface area contributed by atoms with Crippen molar-refractivity contribution in [1.29, 1.82) is 0 Å². The SMILES string of the molecule is CCOC(C)(CC)c1noc(CCC(C)CCN)n1. The monoisotopic (exact) mass is 269 g/mol. The Morgan fingerprint density at radius 3 is 2.68 bits per heavy atom. The molecule has 0 fully saturated rings. The lowest BCUT2D eigenvalue weighted by Crippen LogP contribution is -2.26. The second-order valence-electron chi connectivity index (χ2n) is 5.25. The molecule has 5 heteroatoms. The molecular formula is C14H27N3O2. The highest BCUT2D eigenvalue weighted by atomic mass is 16.5. The molecule has 0 saturated carbocycles. The second-order valence-corrected chi connectivity index (χ2v) is 5.25. The number of aryl methyl sites for hydroxylation is 1. The first kappa shape index (κ1) is 16.1. The summed E-state index contributed by atoms with van der Waals surface area (Å²) in [6.07, 6.45) is 3.69. The van der Waals surface area contributed by atoms with Gasteiger partial charge in [0.05, 0.1) is 0 Å². The van der Waals surface area contributed by atoms with Crippen molar-refractivity contribution in [3.8, 4) is 0 Å². The van der Waals surface area contributed by atoms with Gasteiger partial charge in [-0.05, 0) is 45.6 Å². The van der Waals surface area contributed by atoms with Gasteiger partial charge in [0.25, 0.3) is 0 Å². The first-order valence-electron chi connectivity index (χ1n) is 7.22. The van der Waals surface area contributed by atoms with Crippen LogP contribution >= 0.6 is 0 Å². The van der Waals surface area contributed by atoms with Crippen LogP contribution in [0.1, 0.15) is 58.7 Å². The van der Waals surface area contributed by atoms with E-state index in [0.29, 0.717) is 24.2 Å². The van der Waals surface area contributed by atoms with Gasteiger partial charge in [-0.2, -0.15) is 4.98 Å². The molecule has 2 atom stereocenters. The third kappa shape index (κ3) is 4.58. The van der Waals surface area contributed by atoms with E-state index < -0.39 is 5.60 Å². The molecule has 0 aliphatic rings. The molecule has 0 amide bonds. The molecule has 2 unspecified atom stereocenters. The van der Waals surface area contributed by atoms with Crippen molar-refractivity contribution in [2.75, 3.05) is 13.2 Å². The Balaban J connectivity index is 2.61. The molecule has 0 saturated heterocycles. The fourth-order valence-electron chi connectivity index (χ4n) is 2.01. The molecule has 0 bridgehead atoms. The highest BCUT2D eigenvalue weighted by Gasteiger charge is 2.30. The Morgan fingerprint density at radius 1 is 1.37 bits per heavy atom. The van der Waals surface area contributed by atoms with Gasteiger partial charge < -0.3 is 15.0 Å². The molecule has 110 valence electrons. The molecule has 0 aromatic carbocycles. The maximum atomic E-state index is 5.74. The zero-order valence-corrected chi connectivity index (χ0v) is 12.6. The van der Waals surface area contributed by atoms with Gasteiger partial charge in [0.2, 0.25) is 11.7 Å². The maximum Gasteiger partial charge on any atom is 0.226 e. The van der Waals surface area contributed by atoms with Crippen LogP contribution in [-0.2, 0) is 16.8 Å². The first-order chi connectivity index (χ1) is 9.05. The molecule has 1 aromatic heterocycles. The summed E-state index contributed by atoms with van der Waals surface area (Å²) in [5, 5.41) is 4.07. The van der Waals surface area contributed by atoms with Crippen molar-refractivity contribution in [1.82, 2.24) is 10.1 Å². The lowest BCUT2D eigenvalue weighted by atomic mass is 10.0. The third-order valence-electron chi connectivity index (χ3n) is 3.59. The molecule has 19 heavy (non-hydrogen) atoms. The van der Waals surface area contributed by atoms with Crippen LogP contribution in [0.4, 0.5) is 0 Å². The Kier molecular flexibility index (Phi) is 6.45. The Hall–Kier alpha value is -0.940. The number of hydrogen-bond donors (Lipinski definition) is 1. The van der Waals surface area contributed by atoms with Crippen molar-refractivity contribution in [2.45, 2.75) is 59.0 Å². The summed E-state index contributed by atoms with van der Waals surface area (Å²) < 4.78 is 11.1. The summed E-state index contributed by atoms with van der Waals surface area (Å²) in [7, 11) is 0. The third-order valence-corrected chi connectivity index (χ3v) is 3.59. The summed E-state index contributed by atoms with van der Waals surface area (Å²) in [6, 6.07) is 0. The summed E-state index contributed by atoms with van der Waals surface area (Å²) in [4.78, 5) is 4.47. The fraction of sp³-hybridized carbons (Fsp3) is 0.857. The van der Waals surface area contributed by atoms with E-state index in [0.717, 1.165) is 32.2 Å². The number of aromatic nitrogens is 2. The molecule has 1 rings (SSSR count). The number of ether oxygens (including phenoxy) is 1. The van der Waals surface area contributed by atoms with Gasteiger partial charge >= 0.3 is 0 Å². The molecule has 2 N–H and O–H groups in total. The van der Waals surface area contributed by atoms with Crippen LogP contribution in [0.2, 0.25) is 0 Å². The Bertz CT molecular complexity index is 367. The van der Waals surface area contributed by atoms with Gasteiger partial charge in [-0.15, -0.1) is 0 Å². The Morgan fingerprint density at radius 2 is 2.11 bits per heavy atom. The van der Waals surface area contributed by atoms with Gasteiger partial charge in [-0.25, -0.2) is 0 Å². The minimum atomic E-state index is -0.445. The van der Waals surface area contributed by atoms with Crippen molar-refractivity contribution < 1.29 is 9.26 Å². The highest BCUT2D eigenvalue weighted by Crippen LogP contribution is 2.26. The number of nitrogens with two attached hydrogens (primary N) is 1. The number of hydrogen-bond acceptors (Lipinski definition) is 5. The van der Waals surface area contributed by atoms with Crippen LogP contribution < -0.4 is 5.73 Å². The quantitative estimate of drug-likeness (QED) is 0.746. The molecule has 0 radical (unpaired) electrons. The summed E-state index contributed by atoms with van der Waals surface area (Å²) >= 11 is 0. The molecule has 0 aliphatic heterocycles. The van der Waals surface area contributed by atoms with Gasteiger partial charge in [-0.1, -0.05) is 19.0 Å². The van der Waals surface area contributed by atoms with Crippen LogP contribution in [0.5, 0.6) is 0 Å². The molecule has 0 spiro atoms. The van der Waals surface area contributed by atoms with Gasteiger partial charge in [-0.3, -0.25) is 0 Å². The van der Waals surface area contributed by atoms with Crippen molar-refractivity contribution in [3.63, 3.8) is 0 Å². The highest BCUT2D eigenvalue weighted by molar-refractivity contribution is 4.99. The maximum absolute atomic E-state index is 5.74. The van der Waals surface area contributed by atoms with E-state index in [2.05, 4.69) is 24.0 Å². The van der Waals surface area contributed by atoms with E-state index in [1.807, 2.05) is 13.8 Å². The van der Waals surface area contributed by atoms with E-state index in [1.165, 1.54) is 0 Å². The molecule has 5 nitrogen and oxygen atoms in total. The lowest BCUT2D eigenvalue weighted by molar-refractivity contribution is -0.0403. The Labute approximate surface area is 115 Å². The van der Waals surface area contributed by atoms with Crippen molar-refractivity contribution in [2.24, 2.45) is 11.7 Å². The first-order valence-corrected chi connectivity index (χ1v) is 7.22. The minimum absolute atomic E-state index is 0.445. The summed E-state index contributed by atoms with van der Waals surface area (Å²) in [5.74, 6) is 1.93. The summed E-state index contributed by atoms with van der Waals surface area (Å²) in [6.45, 7) is 9.61. The van der Waals surface area contributed by atoms with Gasteiger partial charge in [0, 0.05) is 13.0 Å². The van der Waals surface area contributed by atoms with Crippen molar-refractivity contribution >= 4 is 0 Å². The fourth-order valence-corrected chi connectivity index (χ4v) is 2.01.